The highest BCUT2D eigenvalue weighted by Gasteiger charge is 2.44. The third kappa shape index (κ3) is 3.73. The van der Waals surface area contributed by atoms with Crippen LogP contribution in [0.1, 0.15) is 39.3 Å². The van der Waals surface area contributed by atoms with Crippen LogP contribution in [0.4, 0.5) is 5.82 Å². The van der Waals surface area contributed by atoms with Crippen LogP contribution in [0.5, 0.6) is 0 Å². The summed E-state index contributed by atoms with van der Waals surface area (Å²) in [4.78, 5) is 30.8. The van der Waals surface area contributed by atoms with E-state index in [-0.39, 0.29) is 23.1 Å². The van der Waals surface area contributed by atoms with Crippen molar-refractivity contribution in [1.82, 2.24) is 19.7 Å². The monoisotopic (exact) mass is 441 g/mol. The molecule has 1 saturated heterocycles. The average Bonchev–Trinajstić information content (AvgIpc) is 3.41. The zero-order valence-electron chi connectivity index (χ0n) is 18.2. The largest absolute Gasteiger partial charge is 0.342 e. The second-order valence-corrected chi connectivity index (χ2v) is 10.6. The van der Waals surface area contributed by atoms with Crippen molar-refractivity contribution in [2.75, 3.05) is 18.4 Å². The molecular weight excluding hydrogens is 414 g/mol. The van der Waals surface area contributed by atoms with Gasteiger partial charge in [-0.25, -0.2) is 4.98 Å². The SMILES string of the molecule is CC(=O)N1C[C@H]2C[C@@H](C(=O)Nc3cc(-c4cnn5c4CC(C)(C)C5)c(Cl)cn3)C[C@H]2C1. The number of halogens is 1. The van der Waals surface area contributed by atoms with E-state index in [0.29, 0.717) is 22.7 Å². The van der Waals surface area contributed by atoms with E-state index in [2.05, 4.69) is 29.2 Å². The van der Waals surface area contributed by atoms with Gasteiger partial charge in [0, 0.05) is 55.5 Å². The maximum atomic E-state index is 12.9. The average molecular weight is 442 g/mol. The molecule has 3 aliphatic rings. The lowest BCUT2D eigenvalue weighted by Crippen LogP contribution is -2.29. The van der Waals surface area contributed by atoms with E-state index in [0.717, 1.165) is 50.0 Å². The normalized spacial score (nSPS) is 26.1. The summed E-state index contributed by atoms with van der Waals surface area (Å²) < 4.78 is 2.05. The second kappa shape index (κ2) is 7.33. The predicted molar refractivity (Wildman–Crippen MR) is 119 cm³/mol. The number of pyridine rings is 1. The van der Waals surface area contributed by atoms with Gasteiger partial charge in [0.25, 0.3) is 0 Å². The van der Waals surface area contributed by atoms with E-state index in [4.69, 9.17) is 11.6 Å². The first-order valence-corrected chi connectivity index (χ1v) is 11.3. The molecular formula is C23H28ClN5O2. The minimum Gasteiger partial charge on any atom is -0.342 e. The van der Waals surface area contributed by atoms with Crippen LogP contribution in [0.3, 0.4) is 0 Å². The quantitative estimate of drug-likeness (QED) is 0.788. The number of anilines is 1. The number of hydrogen-bond donors (Lipinski definition) is 1. The van der Waals surface area contributed by atoms with Crippen molar-refractivity contribution in [2.45, 2.75) is 46.6 Å². The van der Waals surface area contributed by atoms with Crippen molar-refractivity contribution in [3.05, 3.63) is 29.2 Å². The third-order valence-corrected chi connectivity index (χ3v) is 7.44. The number of hydrogen-bond acceptors (Lipinski definition) is 4. The number of rotatable bonds is 3. The van der Waals surface area contributed by atoms with Gasteiger partial charge < -0.3 is 10.2 Å². The van der Waals surface area contributed by atoms with Crippen molar-refractivity contribution in [3.63, 3.8) is 0 Å². The Kier molecular flexibility index (Phi) is 4.84. The lowest BCUT2D eigenvalue weighted by atomic mass is 9.89. The van der Waals surface area contributed by atoms with Crippen LogP contribution >= 0.6 is 11.6 Å². The Balaban J connectivity index is 1.30. The van der Waals surface area contributed by atoms with Crippen LogP contribution in [0, 0.1) is 23.2 Å². The Morgan fingerprint density at radius 3 is 2.55 bits per heavy atom. The molecule has 164 valence electrons. The molecule has 2 fully saturated rings. The van der Waals surface area contributed by atoms with Gasteiger partial charge in [0.1, 0.15) is 5.82 Å². The van der Waals surface area contributed by atoms with Crippen LogP contribution < -0.4 is 5.32 Å². The Labute approximate surface area is 187 Å². The molecule has 0 unspecified atom stereocenters. The fourth-order valence-corrected chi connectivity index (χ4v) is 5.79. The highest BCUT2D eigenvalue weighted by atomic mass is 35.5. The number of aromatic nitrogens is 3. The van der Waals surface area contributed by atoms with Crippen LogP contribution in [0.15, 0.2) is 18.5 Å². The molecule has 0 spiro atoms. The van der Waals surface area contributed by atoms with Crippen LogP contribution in [0.2, 0.25) is 5.02 Å². The van der Waals surface area contributed by atoms with E-state index in [9.17, 15) is 9.59 Å². The Morgan fingerprint density at radius 2 is 1.87 bits per heavy atom. The second-order valence-electron chi connectivity index (χ2n) is 10.2. The standard InChI is InChI=1S/C23H28ClN5O2/c1-13(30)28-10-15-4-14(5-16(15)11-28)22(31)27-21-6-17(19(24)9-25-21)18-8-26-29-12-23(2,3)7-20(18)29/h6,8-9,14-16H,4-5,7,10-12H2,1-3H3,(H,25,27,31)/t14-,15-,16+. The summed E-state index contributed by atoms with van der Waals surface area (Å²) in [5.74, 6) is 1.46. The number of amides is 2. The summed E-state index contributed by atoms with van der Waals surface area (Å²) in [6.45, 7) is 8.52. The first kappa shape index (κ1) is 20.5. The Morgan fingerprint density at radius 1 is 1.16 bits per heavy atom. The molecule has 8 heteroatoms. The summed E-state index contributed by atoms with van der Waals surface area (Å²) in [6, 6.07) is 1.86. The molecule has 2 aromatic rings. The van der Waals surface area contributed by atoms with Crippen molar-refractivity contribution in [1.29, 1.82) is 0 Å². The molecule has 4 heterocycles. The van der Waals surface area contributed by atoms with E-state index in [1.54, 1.807) is 13.1 Å². The maximum absolute atomic E-state index is 12.9. The summed E-state index contributed by atoms with van der Waals surface area (Å²) in [6.07, 6.45) is 6.05. The van der Waals surface area contributed by atoms with Gasteiger partial charge in [0.2, 0.25) is 11.8 Å². The van der Waals surface area contributed by atoms with Crippen LogP contribution in [0.25, 0.3) is 11.1 Å². The summed E-state index contributed by atoms with van der Waals surface area (Å²) in [5.41, 5.74) is 3.21. The molecule has 31 heavy (non-hydrogen) atoms. The molecule has 1 aliphatic carbocycles. The van der Waals surface area contributed by atoms with Crippen molar-refractivity contribution in [2.24, 2.45) is 23.2 Å². The lowest BCUT2D eigenvalue weighted by molar-refractivity contribution is -0.128. The smallest absolute Gasteiger partial charge is 0.228 e. The minimum atomic E-state index is -0.0359. The first-order valence-electron chi connectivity index (χ1n) is 11.0. The third-order valence-electron chi connectivity index (χ3n) is 7.14. The molecule has 7 nitrogen and oxygen atoms in total. The van der Waals surface area contributed by atoms with Gasteiger partial charge in [-0.15, -0.1) is 0 Å². The zero-order valence-corrected chi connectivity index (χ0v) is 18.9. The number of likely N-dealkylation sites (tertiary alicyclic amines) is 1. The molecule has 0 bridgehead atoms. The number of nitrogens with one attached hydrogen (secondary N) is 1. The highest BCUT2D eigenvalue weighted by Crippen LogP contribution is 2.42. The molecule has 2 aromatic heterocycles. The summed E-state index contributed by atoms with van der Waals surface area (Å²) in [5, 5.41) is 8.09. The molecule has 2 amide bonds. The van der Waals surface area contributed by atoms with Crippen LogP contribution in [-0.2, 0) is 22.6 Å². The first-order chi connectivity index (χ1) is 14.7. The van der Waals surface area contributed by atoms with E-state index < -0.39 is 0 Å². The van der Waals surface area contributed by atoms with Crippen molar-refractivity contribution < 1.29 is 9.59 Å². The summed E-state index contributed by atoms with van der Waals surface area (Å²) in [7, 11) is 0. The molecule has 0 aromatic carbocycles. The zero-order chi connectivity index (χ0) is 21.9. The topological polar surface area (TPSA) is 80.1 Å². The fourth-order valence-electron chi connectivity index (χ4n) is 5.59. The number of fused-ring (bicyclic) bond motifs is 2. The number of carbonyl (C=O) groups is 2. The molecule has 1 N–H and O–H groups in total. The van der Waals surface area contributed by atoms with Gasteiger partial charge in [-0.3, -0.25) is 14.3 Å². The molecule has 2 aliphatic heterocycles. The molecule has 1 saturated carbocycles. The van der Waals surface area contributed by atoms with Gasteiger partial charge in [-0.1, -0.05) is 25.4 Å². The predicted octanol–water partition coefficient (Wildman–Crippen LogP) is 3.62. The molecule has 0 radical (unpaired) electrons. The van der Waals surface area contributed by atoms with Gasteiger partial charge in [0.05, 0.1) is 11.2 Å². The number of nitrogens with zero attached hydrogens (tertiary/aromatic N) is 4. The van der Waals surface area contributed by atoms with E-state index in [1.807, 2.05) is 21.8 Å². The Hall–Kier alpha value is -2.41. The van der Waals surface area contributed by atoms with Gasteiger partial charge >= 0.3 is 0 Å². The van der Waals surface area contributed by atoms with Gasteiger partial charge in [-0.2, -0.15) is 5.10 Å². The van der Waals surface area contributed by atoms with Gasteiger partial charge in [0.15, 0.2) is 0 Å². The van der Waals surface area contributed by atoms with Crippen molar-refractivity contribution >= 4 is 29.2 Å². The van der Waals surface area contributed by atoms with E-state index >= 15 is 0 Å². The maximum Gasteiger partial charge on any atom is 0.228 e. The van der Waals surface area contributed by atoms with Crippen molar-refractivity contribution in [3.8, 4) is 11.1 Å². The molecule has 3 atom stereocenters. The minimum absolute atomic E-state index is 0.00548. The highest BCUT2D eigenvalue weighted by molar-refractivity contribution is 6.33. The fraction of sp³-hybridized carbons (Fsp3) is 0.565. The lowest BCUT2D eigenvalue weighted by Gasteiger charge is -2.17. The van der Waals surface area contributed by atoms with Gasteiger partial charge in [-0.05, 0) is 42.6 Å². The number of carbonyl (C=O) groups excluding carboxylic acids is 2. The summed E-state index contributed by atoms with van der Waals surface area (Å²) >= 11 is 6.48. The molecule has 5 rings (SSSR count). The van der Waals surface area contributed by atoms with Crippen LogP contribution in [-0.4, -0.2) is 44.6 Å². The Bertz CT molecular complexity index is 1050. The van der Waals surface area contributed by atoms with E-state index in [1.165, 1.54) is 5.69 Å².